The van der Waals surface area contributed by atoms with E-state index in [1.807, 2.05) is 48.7 Å². The number of nitrogens with one attached hydrogen (secondary N) is 2. The largest absolute Gasteiger partial charge is 0.334 e. The molecule has 2 N–H and O–H groups in total. The monoisotopic (exact) mass is 307 g/mol. The van der Waals surface area contributed by atoms with Crippen molar-refractivity contribution in [3.8, 4) is 0 Å². The first-order chi connectivity index (χ1) is 11.3. The Balaban J connectivity index is 1.47. The van der Waals surface area contributed by atoms with E-state index in [0.29, 0.717) is 23.8 Å². The fourth-order valence-corrected chi connectivity index (χ4v) is 2.48. The van der Waals surface area contributed by atoms with Crippen LogP contribution >= 0.6 is 0 Å². The van der Waals surface area contributed by atoms with E-state index >= 15 is 0 Å². The second-order valence-electron chi connectivity index (χ2n) is 5.73. The highest BCUT2D eigenvalue weighted by Crippen LogP contribution is 2.38. The Bertz CT molecular complexity index is 839. The highest BCUT2D eigenvalue weighted by Gasteiger charge is 2.28. The summed E-state index contributed by atoms with van der Waals surface area (Å²) < 4.78 is 1.72. The predicted octanol–water partition coefficient (Wildman–Crippen LogP) is 2.93. The van der Waals surface area contributed by atoms with Gasteiger partial charge in [0, 0.05) is 18.7 Å². The SMILES string of the molecule is O=C(NCc1ccccc1)Nc1cccn2nc(C3CC3)nc12. The molecule has 2 amide bonds. The van der Waals surface area contributed by atoms with Crippen LogP contribution in [0, 0.1) is 0 Å². The van der Waals surface area contributed by atoms with Crippen LogP contribution in [0.4, 0.5) is 10.5 Å². The first kappa shape index (κ1) is 13.8. The van der Waals surface area contributed by atoms with Crippen LogP contribution in [0.5, 0.6) is 0 Å². The molecule has 0 atom stereocenters. The van der Waals surface area contributed by atoms with Crippen LogP contribution in [-0.2, 0) is 6.54 Å². The van der Waals surface area contributed by atoms with Crippen LogP contribution in [-0.4, -0.2) is 20.6 Å². The van der Waals surface area contributed by atoms with Crippen LogP contribution < -0.4 is 10.6 Å². The Hall–Kier alpha value is -2.89. The molecular weight excluding hydrogens is 290 g/mol. The standard InChI is InChI=1S/C17H17N5O/c23-17(18-11-12-5-2-1-3-6-12)19-14-7-4-10-22-16(14)20-15(21-22)13-8-9-13/h1-7,10,13H,8-9,11H2,(H2,18,19,23). The van der Waals surface area contributed by atoms with Crippen molar-refractivity contribution in [1.29, 1.82) is 0 Å². The van der Waals surface area contributed by atoms with Gasteiger partial charge in [-0.2, -0.15) is 5.10 Å². The lowest BCUT2D eigenvalue weighted by Gasteiger charge is -2.08. The van der Waals surface area contributed by atoms with Crippen molar-refractivity contribution < 1.29 is 4.79 Å². The molecule has 0 unspecified atom stereocenters. The van der Waals surface area contributed by atoms with Crippen molar-refractivity contribution in [3.63, 3.8) is 0 Å². The molecule has 2 heterocycles. The molecule has 0 bridgehead atoms. The van der Waals surface area contributed by atoms with Crippen LogP contribution in [0.2, 0.25) is 0 Å². The number of amides is 2. The van der Waals surface area contributed by atoms with Crippen molar-refractivity contribution in [2.75, 3.05) is 5.32 Å². The maximum atomic E-state index is 12.1. The summed E-state index contributed by atoms with van der Waals surface area (Å²) in [7, 11) is 0. The zero-order valence-electron chi connectivity index (χ0n) is 12.6. The number of carbonyl (C=O) groups is 1. The Morgan fingerprint density at radius 1 is 1.17 bits per heavy atom. The summed E-state index contributed by atoms with van der Waals surface area (Å²) in [6.45, 7) is 0.482. The third kappa shape index (κ3) is 3.01. The van der Waals surface area contributed by atoms with Crippen LogP contribution in [0.1, 0.15) is 30.1 Å². The number of benzene rings is 1. The van der Waals surface area contributed by atoms with Gasteiger partial charge in [-0.25, -0.2) is 14.3 Å². The van der Waals surface area contributed by atoms with Crippen molar-refractivity contribution in [3.05, 3.63) is 60.0 Å². The molecule has 116 valence electrons. The summed E-state index contributed by atoms with van der Waals surface area (Å²) in [5.74, 6) is 1.35. The molecule has 2 aromatic heterocycles. The Labute approximate surface area is 133 Å². The van der Waals surface area contributed by atoms with Gasteiger partial charge in [0.1, 0.15) is 0 Å². The quantitative estimate of drug-likeness (QED) is 0.778. The topological polar surface area (TPSA) is 71.3 Å². The molecule has 3 aromatic rings. The highest BCUT2D eigenvalue weighted by atomic mass is 16.2. The molecule has 6 nitrogen and oxygen atoms in total. The van der Waals surface area contributed by atoms with Gasteiger partial charge in [0.25, 0.3) is 0 Å². The molecule has 6 heteroatoms. The maximum Gasteiger partial charge on any atom is 0.319 e. The Morgan fingerprint density at radius 3 is 2.78 bits per heavy atom. The lowest BCUT2D eigenvalue weighted by molar-refractivity contribution is 0.252. The molecule has 0 spiro atoms. The number of urea groups is 1. The number of rotatable bonds is 4. The van der Waals surface area contributed by atoms with Gasteiger partial charge in [-0.3, -0.25) is 0 Å². The minimum atomic E-state index is -0.252. The van der Waals surface area contributed by atoms with E-state index in [0.717, 1.165) is 24.2 Å². The van der Waals surface area contributed by atoms with Gasteiger partial charge in [-0.1, -0.05) is 30.3 Å². The minimum Gasteiger partial charge on any atom is -0.334 e. The molecule has 1 saturated carbocycles. The molecule has 0 aliphatic heterocycles. The fourth-order valence-electron chi connectivity index (χ4n) is 2.48. The lowest BCUT2D eigenvalue weighted by Crippen LogP contribution is -2.28. The molecule has 1 aromatic carbocycles. The molecule has 0 radical (unpaired) electrons. The summed E-state index contributed by atoms with van der Waals surface area (Å²) in [5.41, 5.74) is 2.40. The molecule has 1 aliphatic carbocycles. The maximum absolute atomic E-state index is 12.1. The number of nitrogens with zero attached hydrogens (tertiary/aromatic N) is 3. The van der Waals surface area contributed by atoms with Crippen molar-refractivity contribution >= 4 is 17.4 Å². The number of anilines is 1. The normalized spacial score (nSPS) is 13.9. The van der Waals surface area contributed by atoms with Crippen LogP contribution in [0.3, 0.4) is 0 Å². The van der Waals surface area contributed by atoms with Gasteiger partial charge >= 0.3 is 6.03 Å². The first-order valence-electron chi connectivity index (χ1n) is 7.74. The molecular formula is C17H17N5O. The zero-order chi connectivity index (χ0) is 15.6. The smallest absolute Gasteiger partial charge is 0.319 e. The van der Waals surface area contributed by atoms with E-state index in [1.54, 1.807) is 4.52 Å². The van der Waals surface area contributed by atoms with Gasteiger partial charge < -0.3 is 10.6 Å². The minimum absolute atomic E-state index is 0.252. The Kier molecular flexibility index (Phi) is 3.42. The summed E-state index contributed by atoms with van der Waals surface area (Å²) in [5, 5.41) is 10.2. The second-order valence-corrected chi connectivity index (χ2v) is 5.73. The molecule has 23 heavy (non-hydrogen) atoms. The summed E-state index contributed by atoms with van der Waals surface area (Å²) in [6, 6.07) is 13.2. The Morgan fingerprint density at radius 2 is 2.00 bits per heavy atom. The third-order valence-corrected chi connectivity index (χ3v) is 3.87. The lowest BCUT2D eigenvalue weighted by atomic mass is 10.2. The fraction of sp³-hybridized carbons (Fsp3) is 0.235. The number of aromatic nitrogens is 3. The van der Waals surface area contributed by atoms with Crippen LogP contribution in [0.15, 0.2) is 48.7 Å². The molecule has 0 saturated heterocycles. The van der Waals surface area contributed by atoms with E-state index in [9.17, 15) is 4.79 Å². The van der Waals surface area contributed by atoms with Gasteiger partial charge in [0.15, 0.2) is 11.5 Å². The van der Waals surface area contributed by atoms with E-state index < -0.39 is 0 Å². The number of hydrogen-bond donors (Lipinski definition) is 2. The van der Waals surface area contributed by atoms with Crippen molar-refractivity contribution in [2.24, 2.45) is 0 Å². The number of fused-ring (bicyclic) bond motifs is 1. The van der Waals surface area contributed by atoms with Gasteiger partial charge in [-0.05, 0) is 30.5 Å². The average molecular weight is 307 g/mol. The van der Waals surface area contributed by atoms with Crippen molar-refractivity contribution in [2.45, 2.75) is 25.3 Å². The van der Waals surface area contributed by atoms with E-state index in [2.05, 4.69) is 20.7 Å². The summed E-state index contributed by atoms with van der Waals surface area (Å²) >= 11 is 0. The van der Waals surface area contributed by atoms with Crippen LogP contribution in [0.25, 0.3) is 5.65 Å². The first-order valence-corrected chi connectivity index (χ1v) is 7.74. The number of carbonyl (C=O) groups excluding carboxylic acids is 1. The summed E-state index contributed by atoms with van der Waals surface area (Å²) in [4.78, 5) is 16.7. The number of pyridine rings is 1. The zero-order valence-corrected chi connectivity index (χ0v) is 12.6. The van der Waals surface area contributed by atoms with Gasteiger partial charge in [0.2, 0.25) is 0 Å². The third-order valence-electron chi connectivity index (χ3n) is 3.87. The molecule has 4 rings (SSSR count). The predicted molar refractivity (Wildman–Crippen MR) is 87.3 cm³/mol. The average Bonchev–Trinajstić information content (AvgIpc) is 3.33. The molecule has 1 fully saturated rings. The summed E-state index contributed by atoms with van der Waals surface area (Å²) in [6.07, 6.45) is 4.15. The second kappa shape index (κ2) is 5.72. The van der Waals surface area contributed by atoms with E-state index in [1.165, 1.54) is 0 Å². The van der Waals surface area contributed by atoms with Gasteiger partial charge in [0.05, 0.1) is 5.69 Å². The molecule has 1 aliphatic rings. The van der Waals surface area contributed by atoms with E-state index in [-0.39, 0.29) is 6.03 Å². The van der Waals surface area contributed by atoms with Crippen molar-refractivity contribution in [1.82, 2.24) is 19.9 Å². The van der Waals surface area contributed by atoms with E-state index in [4.69, 9.17) is 0 Å². The number of hydrogen-bond acceptors (Lipinski definition) is 3. The van der Waals surface area contributed by atoms with Gasteiger partial charge in [-0.15, -0.1) is 0 Å². The highest BCUT2D eigenvalue weighted by molar-refractivity contribution is 5.92.